The molecule has 2 heterocycles. The van der Waals surface area contributed by atoms with Crippen LogP contribution in [0.15, 0.2) is 15.2 Å². The van der Waals surface area contributed by atoms with Gasteiger partial charge in [-0.25, -0.2) is 0 Å². The van der Waals surface area contributed by atoms with Gasteiger partial charge in [-0.1, -0.05) is 0 Å². The molecule has 0 radical (unpaired) electrons. The van der Waals surface area contributed by atoms with Gasteiger partial charge in [0, 0.05) is 31.6 Å². The van der Waals surface area contributed by atoms with Gasteiger partial charge in [0.05, 0.1) is 15.9 Å². The van der Waals surface area contributed by atoms with Crippen LogP contribution >= 0.6 is 27.3 Å². The molecule has 0 spiro atoms. The van der Waals surface area contributed by atoms with Crippen LogP contribution in [0.4, 0.5) is 0 Å². The Morgan fingerprint density at radius 2 is 2.00 bits per heavy atom. The molecule has 0 bridgehead atoms. The third-order valence-electron chi connectivity index (χ3n) is 2.83. The Hall–Kier alpha value is -0.920. The minimum atomic E-state index is -0.823. The van der Waals surface area contributed by atoms with E-state index in [1.807, 2.05) is 16.3 Å². The first-order valence-corrected chi connectivity index (χ1v) is 7.21. The van der Waals surface area contributed by atoms with Gasteiger partial charge in [-0.05, 0) is 22.0 Å². The number of halogens is 1. The highest BCUT2D eigenvalue weighted by atomic mass is 79.9. The van der Waals surface area contributed by atoms with Gasteiger partial charge in [0.25, 0.3) is 5.91 Å². The van der Waals surface area contributed by atoms with Crippen molar-refractivity contribution in [2.24, 2.45) is 0 Å². The van der Waals surface area contributed by atoms with Gasteiger partial charge in [-0.3, -0.25) is 14.5 Å². The third-order valence-corrected chi connectivity index (χ3v) is 4.34. The fourth-order valence-corrected chi connectivity index (χ4v) is 3.04. The maximum atomic E-state index is 12.1. The number of aliphatic carboxylic acids is 1. The summed E-state index contributed by atoms with van der Waals surface area (Å²) in [5.41, 5.74) is 0.693. The van der Waals surface area contributed by atoms with E-state index in [-0.39, 0.29) is 12.5 Å². The normalized spacial score (nSPS) is 16.8. The topological polar surface area (TPSA) is 60.9 Å². The lowest BCUT2D eigenvalue weighted by atomic mass is 10.2. The van der Waals surface area contributed by atoms with Gasteiger partial charge < -0.3 is 10.0 Å². The SMILES string of the molecule is O=C(O)CN1CCN(C(=O)c2csc(Br)c2)CC1. The van der Waals surface area contributed by atoms with Crippen molar-refractivity contribution in [1.82, 2.24) is 9.80 Å². The van der Waals surface area contributed by atoms with Crippen LogP contribution in [0.3, 0.4) is 0 Å². The molecule has 7 heteroatoms. The lowest BCUT2D eigenvalue weighted by molar-refractivity contribution is -0.138. The summed E-state index contributed by atoms with van der Waals surface area (Å²) in [7, 11) is 0. The zero-order valence-electron chi connectivity index (χ0n) is 9.63. The Morgan fingerprint density at radius 1 is 1.33 bits per heavy atom. The summed E-state index contributed by atoms with van der Waals surface area (Å²) >= 11 is 4.82. The molecule has 18 heavy (non-hydrogen) atoms. The molecule has 0 saturated carbocycles. The second-order valence-electron chi connectivity index (χ2n) is 4.10. The van der Waals surface area contributed by atoms with E-state index in [2.05, 4.69) is 15.9 Å². The van der Waals surface area contributed by atoms with Crippen LogP contribution in [0.5, 0.6) is 0 Å². The molecule has 0 aliphatic carbocycles. The quantitative estimate of drug-likeness (QED) is 0.907. The van der Waals surface area contributed by atoms with Crippen molar-refractivity contribution in [3.05, 3.63) is 20.8 Å². The van der Waals surface area contributed by atoms with Gasteiger partial charge >= 0.3 is 5.97 Å². The second-order valence-corrected chi connectivity index (χ2v) is 6.39. The van der Waals surface area contributed by atoms with Crippen molar-refractivity contribution >= 4 is 39.1 Å². The van der Waals surface area contributed by atoms with E-state index in [4.69, 9.17) is 5.11 Å². The van der Waals surface area contributed by atoms with E-state index in [9.17, 15) is 9.59 Å². The smallest absolute Gasteiger partial charge is 0.317 e. The maximum Gasteiger partial charge on any atom is 0.317 e. The Bertz CT molecular complexity index is 455. The molecule has 5 nitrogen and oxygen atoms in total. The van der Waals surface area contributed by atoms with E-state index >= 15 is 0 Å². The molecule has 1 saturated heterocycles. The van der Waals surface area contributed by atoms with Crippen molar-refractivity contribution in [1.29, 1.82) is 0 Å². The molecule has 1 aromatic rings. The van der Waals surface area contributed by atoms with Crippen LogP contribution in [-0.4, -0.2) is 59.5 Å². The lowest BCUT2D eigenvalue weighted by Gasteiger charge is -2.33. The van der Waals surface area contributed by atoms with Crippen molar-refractivity contribution in [2.75, 3.05) is 32.7 Å². The number of carboxylic acid groups (broad SMARTS) is 1. The molecule has 1 N–H and O–H groups in total. The highest BCUT2D eigenvalue weighted by Gasteiger charge is 2.23. The molecule has 1 aliphatic rings. The number of nitrogens with zero attached hydrogens (tertiary/aromatic N) is 2. The Kier molecular flexibility index (Phi) is 4.36. The molecule has 1 aromatic heterocycles. The number of carboxylic acids is 1. The van der Waals surface area contributed by atoms with Gasteiger partial charge in [-0.15, -0.1) is 11.3 Å². The molecule has 1 amide bonds. The van der Waals surface area contributed by atoms with E-state index in [1.54, 1.807) is 4.90 Å². The summed E-state index contributed by atoms with van der Waals surface area (Å²) in [6.45, 7) is 2.44. The minimum Gasteiger partial charge on any atom is -0.480 e. The van der Waals surface area contributed by atoms with Crippen molar-refractivity contribution in [2.45, 2.75) is 0 Å². The first kappa shape index (κ1) is 13.5. The second kappa shape index (κ2) is 5.81. The van der Waals surface area contributed by atoms with E-state index in [1.165, 1.54) is 11.3 Å². The Morgan fingerprint density at radius 3 is 2.50 bits per heavy atom. The summed E-state index contributed by atoms with van der Waals surface area (Å²) in [6, 6.07) is 1.82. The summed E-state index contributed by atoms with van der Waals surface area (Å²) < 4.78 is 0.940. The van der Waals surface area contributed by atoms with Crippen molar-refractivity contribution < 1.29 is 14.7 Å². The van der Waals surface area contributed by atoms with Gasteiger partial charge in [0.15, 0.2) is 0 Å². The zero-order valence-corrected chi connectivity index (χ0v) is 12.0. The number of amides is 1. The Labute approximate surface area is 117 Å². The van der Waals surface area contributed by atoms with E-state index in [0.717, 1.165) is 3.79 Å². The number of hydrogen-bond acceptors (Lipinski definition) is 4. The van der Waals surface area contributed by atoms with Crippen LogP contribution < -0.4 is 0 Å². The number of carbonyl (C=O) groups excluding carboxylic acids is 1. The molecule has 98 valence electrons. The van der Waals surface area contributed by atoms with Crippen LogP contribution in [0, 0.1) is 0 Å². The number of carbonyl (C=O) groups is 2. The number of thiophene rings is 1. The van der Waals surface area contributed by atoms with Crippen LogP contribution in [-0.2, 0) is 4.79 Å². The highest BCUT2D eigenvalue weighted by Crippen LogP contribution is 2.22. The van der Waals surface area contributed by atoms with Gasteiger partial charge in [-0.2, -0.15) is 0 Å². The van der Waals surface area contributed by atoms with Gasteiger partial charge in [0.1, 0.15) is 0 Å². The first-order chi connectivity index (χ1) is 8.56. The van der Waals surface area contributed by atoms with Crippen LogP contribution in [0.25, 0.3) is 0 Å². The number of hydrogen-bond donors (Lipinski definition) is 1. The molecular weight excluding hydrogens is 320 g/mol. The molecule has 1 aliphatic heterocycles. The molecule has 0 atom stereocenters. The largest absolute Gasteiger partial charge is 0.480 e. The fourth-order valence-electron chi connectivity index (χ4n) is 1.91. The Balaban J connectivity index is 1.90. The maximum absolute atomic E-state index is 12.1. The predicted octanol–water partition coefficient (Wildman–Crippen LogP) is 1.35. The molecule has 2 rings (SSSR count). The first-order valence-electron chi connectivity index (χ1n) is 5.53. The molecule has 0 unspecified atom stereocenters. The average Bonchev–Trinajstić information content (AvgIpc) is 2.75. The van der Waals surface area contributed by atoms with E-state index < -0.39 is 5.97 Å². The van der Waals surface area contributed by atoms with Gasteiger partial charge in [0.2, 0.25) is 0 Å². The lowest BCUT2D eigenvalue weighted by Crippen LogP contribution is -2.49. The molecule has 1 fully saturated rings. The fraction of sp³-hybridized carbons (Fsp3) is 0.455. The highest BCUT2D eigenvalue weighted by molar-refractivity contribution is 9.11. The number of rotatable bonds is 3. The van der Waals surface area contributed by atoms with Crippen molar-refractivity contribution in [3.63, 3.8) is 0 Å². The van der Waals surface area contributed by atoms with Crippen LogP contribution in [0.2, 0.25) is 0 Å². The minimum absolute atomic E-state index is 0.0203. The average molecular weight is 333 g/mol. The third kappa shape index (κ3) is 3.30. The predicted molar refractivity (Wildman–Crippen MR) is 72.0 cm³/mol. The monoisotopic (exact) mass is 332 g/mol. The molecule has 0 aromatic carbocycles. The zero-order chi connectivity index (χ0) is 13.1. The number of piperazine rings is 1. The summed E-state index contributed by atoms with van der Waals surface area (Å²) in [5, 5.41) is 10.5. The standard InChI is InChI=1S/C11H13BrN2O3S/c12-9-5-8(7-18-9)11(17)14-3-1-13(2-4-14)6-10(15)16/h5,7H,1-4,6H2,(H,15,16). The van der Waals surface area contributed by atoms with Crippen LogP contribution in [0.1, 0.15) is 10.4 Å². The van der Waals surface area contributed by atoms with Crippen molar-refractivity contribution in [3.8, 4) is 0 Å². The van der Waals surface area contributed by atoms with E-state index in [0.29, 0.717) is 31.7 Å². The summed E-state index contributed by atoms with van der Waals surface area (Å²) in [6.07, 6.45) is 0. The molecular formula is C11H13BrN2O3S. The summed E-state index contributed by atoms with van der Waals surface area (Å²) in [5.74, 6) is -0.802. The summed E-state index contributed by atoms with van der Waals surface area (Å²) in [4.78, 5) is 26.3.